The summed E-state index contributed by atoms with van der Waals surface area (Å²) in [7, 11) is 0. The lowest BCUT2D eigenvalue weighted by Crippen LogP contribution is -1.97. The summed E-state index contributed by atoms with van der Waals surface area (Å²) in [5.74, 6) is -0.216. The maximum Gasteiger partial charge on any atom is 0.127 e. The average Bonchev–Trinajstić information content (AvgIpc) is 2.86. The molecule has 4 nitrogen and oxygen atoms in total. The van der Waals surface area contributed by atoms with Gasteiger partial charge in [-0.3, -0.25) is 4.98 Å². The molecule has 1 unspecified atom stereocenters. The third kappa shape index (κ3) is 1.99. The molecule has 0 aromatic carbocycles. The zero-order chi connectivity index (χ0) is 14.1. The van der Waals surface area contributed by atoms with Crippen LogP contribution in [-0.4, -0.2) is 20.9 Å². The Balaban J connectivity index is 2.32. The van der Waals surface area contributed by atoms with Crippen molar-refractivity contribution in [3.63, 3.8) is 0 Å². The molecule has 0 bridgehead atoms. The number of aryl methyl sites for hydroxylation is 1. The molecule has 4 heteroatoms. The van der Waals surface area contributed by atoms with E-state index in [1.54, 1.807) is 4.52 Å². The van der Waals surface area contributed by atoms with Gasteiger partial charge < -0.3 is 4.79 Å². The van der Waals surface area contributed by atoms with Gasteiger partial charge in [0.05, 0.1) is 11.2 Å². The van der Waals surface area contributed by atoms with Crippen LogP contribution < -0.4 is 0 Å². The predicted octanol–water partition coefficient (Wildman–Crippen LogP) is 3.01. The van der Waals surface area contributed by atoms with Gasteiger partial charge in [-0.2, -0.15) is 5.10 Å². The van der Waals surface area contributed by atoms with Gasteiger partial charge in [0.15, 0.2) is 0 Å². The third-order valence-corrected chi connectivity index (χ3v) is 3.37. The monoisotopic (exact) mass is 265 g/mol. The molecule has 0 radical (unpaired) electrons. The van der Waals surface area contributed by atoms with Crippen molar-refractivity contribution in [3.05, 3.63) is 53.9 Å². The molecule has 0 amide bonds. The zero-order valence-electron chi connectivity index (χ0n) is 11.4. The van der Waals surface area contributed by atoms with Gasteiger partial charge in [0.2, 0.25) is 0 Å². The van der Waals surface area contributed by atoms with E-state index in [1.165, 1.54) is 0 Å². The van der Waals surface area contributed by atoms with Crippen molar-refractivity contribution in [2.45, 2.75) is 19.8 Å². The smallest absolute Gasteiger partial charge is 0.127 e. The van der Waals surface area contributed by atoms with Gasteiger partial charge in [-0.25, -0.2) is 4.52 Å². The number of aldehydes is 1. The summed E-state index contributed by atoms with van der Waals surface area (Å²) in [5.41, 5.74) is 4.39. The lowest BCUT2D eigenvalue weighted by molar-refractivity contribution is -0.108. The van der Waals surface area contributed by atoms with Crippen LogP contribution in [0.5, 0.6) is 0 Å². The van der Waals surface area contributed by atoms with Crippen LogP contribution in [0.3, 0.4) is 0 Å². The first kappa shape index (κ1) is 12.5. The normalized spacial score (nSPS) is 12.5. The highest BCUT2D eigenvalue weighted by Gasteiger charge is 2.19. The molecule has 0 aliphatic rings. The van der Waals surface area contributed by atoms with Crippen molar-refractivity contribution in [3.8, 4) is 11.4 Å². The molecule has 0 fully saturated rings. The van der Waals surface area contributed by atoms with Gasteiger partial charge in [0, 0.05) is 23.4 Å². The number of carbonyl (C=O) groups excluding carboxylic acids is 1. The summed E-state index contributed by atoms with van der Waals surface area (Å²) in [4.78, 5) is 15.8. The Morgan fingerprint density at radius 1 is 1.20 bits per heavy atom. The van der Waals surface area contributed by atoms with Crippen LogP contribution in [0, 0.1) is 6.92 Å². The second-order valence-corrected chi connectivity index (χ2v) is 4.88. The van der Waals surface area contributed by atoms with Crippen LogP contribution in [0.15, 0.2) is 42.6 Å². The minimum Gasteiger partial charge on any atom is -0.303 e. The Morgan fingerprint density at radius 2 is 2.05 bits per heavy atom. The predicted molar refractivity (Wildman–Crippen MR) is 77.6 cm³/mol. The van der Waals surface area contributed by atoms with Crippen molar-refractivity contribution in [2.24, 2.45) is 0 Å². The third-order valence-electron chi connectivity index (χ3n) is 3.37. The molecule has 0 saturated heterocycles. The molecule has 0 aliphatic carbocycles. The molecule has 100 valence electrons. The summed E-state index contributed by atoms with van der Waals surface area (Å²) in [5, 5.41) is 4.59. The summed E-state index contributed by atoms with van der Waals surface area (Å²) in [6.07, 6.45) is 2.83. The summed E-state index contributed by atoms with van der Waals surface area (Å²) < 4.78 is 1.80. The number of rotatable bonds is 3. The highest BCUT2D eigenvalue weighted by molar-refractivity contribution is 5.78. The fourth-order valence-electron chi connectivity index (χ4n) is 2.40. The molecule has 3 aromatic rings. The van der Waals surface area contributed by atoms with Gasteiger partial charge in [-0.1, -0.05) is 19.1 Å². The summed E-state index contributed by atoms with van der Waals surface area (Å²) >= 11 is 0. The second kappa shape index (κ2) is 4.89. The minimum absolute atomic E-state index is 0.216. The number of fused-ring (bicyclic) bond motifs is 1. The molecular weight excluding hydrogens is 250 g/mol. The highest BCUT2D eigenvalue weighted by atomic mass is 16.1. The molecule has 1 atom stereocenters. The molecule has 3 rings (SSSR count). The average molecular weight is 265 g/mol. The number of pyridine rings is 2. The molecule has 0 N–H and O–H groups in total. The van der Waals surface area contributed by atoms with Crippen molar-refractivity contribution >= 4 is 11.8 Å². The van der Waals surface area contributed by atoms with Crippen LogP contribution in [0.2, 0.25) is 0 Å². The standard InChI is InChI=1S/C16H15N3O/c1-11(10-20)15-14-8-3-4-9-19(14)18-16(15)13-7-5-6-12(2)17-13/h3-11H,1-2H3. The van der Waals surface area contributed by atoms with Crippen molar-refractivity contribution in [1.82, 2.24) is 14.6 Å². The second-order valence-electron chi connectivity index (χ2n) is 4.88. The number of carbonyl (C=O) groups is 1. The first-order valence-corrected chi connectivity index (χ1v) is 6.57. The van der Waals surface area contributed by atoms with Crippen LogP contribution in [0.4, 0.5) is 0 Å². The van der Waals surface area contributed by atoms with Crippen LogP contribution >= 0.6 is 0 Å². The highest BCUT2D eigenvalue weighted by Crippen LogP contribution is 2.30. The largest absolute Gasteiger partial charge is 0.303 e. The van der Waals surface area contributed by atoms with Gasteiger partial charge in [0.1, 0.15) is 12.0 Å². The van der Waals surface area contributed by atoms with Gasteiger partial charge in [-0.15, -0.1) is 0 Å². The van der Waals surface area contributed by atoms with Crippen LogP contribution in [-0.2, 0) is 4.79 Å². The first-order chi connectivity index (χ1) is 9.70. The maximum atomic E-state index is 11.2. The van der Waals surface area contributed by atoms with E-state index in [1.807, 2.05) is 56.4 Å². The minimum atomic E-state index is -0.216. The van der Waals surface area contributed by atoms with E-state index >= 15 is 0 Å². The number of aromatic nitrogens is 3. The van der Waals surface area contributed by atoms with E-state index < -0.39 is 0 Å². The summed E-state index contributed by atoms with van der Waals surface area (Å²) in [6.45, 7) is 3.83. The molecule has 3 aromatic heterocycles. The van der Waals surface area contributed by atoms with Gasteiger partial charge >= 0.3 is 0 Å². The number of nitrogens with zero attached hydrogens (tertiary/aromatic N) is 3. The molecular formula is C16H15N3O. The Labute approximate surface area is 117 Å². The molecule has 0 spiro atoms. The molecule has 0 aliphatic heterocycles. The van der Waals surface area contributed by atoms with E-state index in [9.17, 15) is 4.79 Å². The van der Waals surface area contributed by atoms with Gasteiger partial charge in [-0.05, 0) is 31.2 Å². The van der Waals surface area contributed by atoms with E-state index in [0.717, 1.165) is 34.4 Å². The zero-order valence-corrected chi connectivity index (χ0v) is 11.4. The fourth-order valence-corrected chi connectivity index (χ4v) is 2.40. The Hall–Kier alpha value is -2.49. The quantitative estimate of drug-likeness (QED) is 0.684. The number of hydrogen-bond donors (Lipinski definition) is 0. The van der Waals surface area contributed by atoms with Crippen molar-refractivity contribution < 1.29 is 4.79 Å². The van der Waals surface area contributed by atoms with Crippen molar-refractivity contribution in [2.75, 3.05) is 0 Å². The summed E-state index contributed by atoms with van der Waals surface area (Å²) in [6, 6.07) is 11.7. The molecule has 3 heterocycles. The SMILES string of the molecule is Cc1cccc(-c2nn3ccccc3c2C(C)C=O)n1. The van der Waals surface area contributed by atoms with Crippen molar-refractivity contribution in [1.29, 1.82) is 0 Å². The Bertz CT molecular complexity index is 776. The van der Waals surface area contributed by atoms with E-state index in [2.05, 4.69) is 10.1 Å². The van der Waals surface area contributed by atoms with Crippen LogP contribution in [0.25, 0.3) is 16.9 Å². The fraction of sp³-hybridized carbons (Fsp3) is 0.188. The van der Waals surface area contributed by atoms with Crippen LogP contribution in [0.1, 0.15) is 24.1 Å². The van der Waals surface area contributed by atoms with E-state index in [-0.39, 0.29) is 5.92 Å². The molecule has 20 heavy (non-hydrogen) atoms. The lowest BCUT2D eigenvalue weighted by atomic mass is 9.99. The number of hydrogen-bond acceptors (Lipinski definition) is 3. The van der Waals surface area contributed by atoms with E-state index in [4.69, 9.17) is 0 Å². The first-order valence-electron chi connectivity index (χ1n) is 6.57. The van der Waals surface area contributed by atoms with E-state index in [0.29, 0.717) is 0 Å². The Kier molecular flexibility index (Phi) is 3.06. The van der Waals surface area contributed by atoms with Gasteiger partial charge in [0.25, 0.3) is 0 Å². The lowest BCUT2D eigenvalue weighted by Gasteiger charge is -2.05. The Morgan fingerprint density at radius 3 is 2.80 bits per heavy atom. The maximum absolute atomic E-state index is 11.2. The topological polar surface area (TPSA) is 47.3 Å². The molecule has 0 saturated carbocycles.